The number of ether oxygens (including phenoxy) is 1. The summed E-state index contributed by atoms with van der Waals surface area (Å²) in [6, 6.07) is 5.20. The summed E-state index contributed by atoms with van der Waals surface area (Å²) in [5.74, 6) is 0.964. The average molecular weight is 278 g/mol. The van der Waals surface area contributed by atoms with Gasteiger partial charge in [-0.2, -0.15) is 0 Å². The third-order valence-corrected chi connectivity index (χ3v) is 3.60. The molecule has 1 fully saturated rings. The van der Waals surface area contributed by atoms with Crippen molar-refractivity contribution in [1.82, 2.24) is 0 Å². The molecule has 0 saturated heterocycles. The number of rotatable bonds is 6. The Hall–Kier alpha value is -1.78. The molecule has 110 valence electrons. The monoisotopic (exact) mass is 278 g/mol. The smallest absolute Gasteiger partial charge is 0.333 e. The molecule has 1 aliphatic rings. The fraction of sp³-hybridized carbons (Fsp3) is 0.600. The zero-order valence-electron chi connectivity index (χ0n) is 12.1. The molecule has 0 amide bonds. The first-order valence-corrected chi connectivity index (χ1v) is 7.26. The van der Waals surface area contributed by atoms with E-state index in [1.54, 1.807) is 18.2 Å². The molecule has 0 radical (unpaired) electrons. The van der Waals surface area contributed by atoms with E-state index in [-0.39, 0.29) is 16.7 Å². The predicted octanol–water partition coefficient (Wildman–Crippen LogP) is 3.98. The van der Waals surface area contributed by atoms with Crippen molar-refractivity contribution in [1.29, 1.82) is 0 Å². The molecule has 1 aliphatic carbocycles. The maximum absolute atomic E-state index is 11.3. The highest BCUT2D eigenvalue weighted by atomic mass is 16.6. The van der Waals surface area contributed by atoms with Gasteiger partial charge in [-0.3, -0.25) is 10.1 Å². The molecule has 5 nitrogen and oxygen atoms in total. The Balaban J connectivity index is 2.15. The van der Waals surface area contributed by atoms with Crippen molar-refractivity contribution in [2.45, 2.75) is 45.6 Å². The van der Waals surface area contributed by atoms with Crippen molar-refractivity contribution < 1.29 is 9.66 Å². The van der Waals surface area contributed by atoms with Gasteiger partial charge < -0.3 is 10.1 Å². The molecular formula is C15H22N2O3. The SMILES string of the molecule is CC(C)Oc1cccc(NCC2CCCC2)c1[N+](=O)[O-]. The van der Waals surface area contributed by atoms with Crippen molar-refractivity contribution in [3.8, 4) is 5.75 Å². The lowest BCUT2D eigenvalue weighted by Crippen LogP contribution is -2.13. The lowest BCUT2D eigenvalue weighted by atomic mass is 10.1. The Labute approximate surface area is 119 Å². The van der Waals surface area contributed by atoms with Gasteiger partial charge >= 0.3 is 5.69 Å². The molecule has 1 N–H and O–H groups in total. The van der Waals surface area contributed by atoms with Crippen LogP contribution in [-0.4, -0.2) is 17.6 Å². The number of nitro benzene ring substituents is 1. The number of benzene rings is 1. The highest BCUT2D eigenvalue weighted by Crippen LogP contribution is 2.36. The summed E-state index contributed by atoms with van der Waals surface area (Å²) in [5, 5.41) is 14.5. The van der Waals surface area contributed by atoms with Gasteiger partial charge in [0.05, 0.1) is 11.0 Å². The molecule has 0 bridgehead atoms. The van der Waals surface area contributed by atoms with Gasteiger partial charge in [-0.15, -0.1) is 0 Å². The molecule has 0 spiro atoms. The minimum atomic E-state index is -0.366. The Morgan fingerprint density at radius 2 is 2.10 bits per heavy atom. The lowest BCUT2D eigenvalue weighted by Gasteiger charge is -2.15. The van der Waals surface area contributed by atoms with E-state index in [2.05, 4.69) is 5.32 Å². The maximum Gasteiger partial charge on any atom is 0.333 e. The van der Waals surface area contributed by atoms with Gasteiger partial charge in [-0.1, -0.05) is 18.9 Å². The second-order valence-corrected chi connectivity index (χ2v) is 5.61. The molecule has 1 saturated carbocycles. The van der Waals surface area contributed by atoms with Crippen LogP contribution in [0.1, 0.15) is 39.5 Å². The summed E-state index contributed by atoms with van der Waals surface area (Å²) >= 11 is 0. The first-order valence-electron chi connectivity index (χ1n) is 7.26. The summed E-state index contributed by atoms with van der Waals surface area (Å²) in [5.41, 5.74) is 0.597. The van der Waals surface area contributed by atoms with Gasteiger partial charge in [0, 0.05) is 6.54 Å². The maximum atomic E-state index is 11.3. The Morgan fingerprint density at radius 3 is 2.70 bits per heavy atom. The van der Waals surface area contributed by atoms with Gasteiger partial charge in [-0.25, -0.2) is 0 Å². The number of para-hydroxylation sites is 1. The third-order valence-electron chi connectivity index (χ3n) is 3.60. The summed E-state index contributed by atoms with van der Waals surface area (Å²) in [6.45, 7) is 4.52. The molecule has 5 heteroatoms. The quantitative estimate of drug-likeness (QED) is 0.631. The molecule has 0 atom stereocenters. The van der Waals surface area contributed by atoms with Gasteiger partial charge in [-0.05, 0) is 44.7 Å². The summed E-state index contributed by atoms with van der Waals surface area (Å²) in [7, 11) is 0. The third kappa shape index (κ3) is 3.62. The largest absolute Gasteiger partial charge is 0.484 e. The van der Waals surface area contributed by atoms with Gasteiger partial charge in [0.2, 0.25) is 0 Å². The van der Waals surface area contributed by atoms with Crippen LogP contribution < -0.4 is 10.1 Å². The average Bonchev–Trinajstić information content (AvgIpc) is 2.88. The van der Waals surface area contributed by atoms with Gasteiger partial charge in [0.15, 0.2) is 5.75 Å². The van der Waals surface area contributed by atoms with Crippen molar-refractivity contribution in [2.24, 2.45) is 5.92 Å². The zero-order valence-corrected chi connectivity index (χ0v) is 12.1. The first kappa shape index (κ1) is 14.6. The molecule has 0 unspecified atom stereocenters. The van der Waals surface area contributed by atoms with E-state index in [1.807, 2.05) is 13.8 Å². The van der Waals surface area contributed by atoms with E-state index in [0.717, 1.165) is 6.54 Å². The summed E-state index contributed by atoms with van der Waals surface area (Å²) < 4.78 is 5.54. The van der Waals surface area contributed by atoms with Crippen LogP contribution in [0.25, 0.3) is 0 Å². The second-order valence-electron chi connectivity index (χ2n) is 5.61. The predicted molar refractivity (Wildman–Crippen MR) is 79.3 cm³/mol. The number of hydrogen-bond acceptors (Lipinski definition) is 4. The van der Waals surface area contributed by atoms with Gasteiger partial charge in [0.25, 0.3) is 0 Å². The zero-order chi connectivity index (χ0) is 14.5. The first-order chi connectivity index (χ1) is 9.58. The van der Waals surface area contributed by atoms with Gasteiger partial charge in [0.1, 0.15) is 5.69 Å². The molecule has 0 heterocycles. The number of nitrogens with one attached hydrogen (secondary N) is 1. The Bertz CT molecular complexity index is 468. The molecule has 20 heavy (non-hydrogen) atoms. The fourth-order valence-electron chi connectivity index (χ4n) is 2.67. The minimum Gasteiger partial charge on any atom is -0.484 e. The van der Waals surface area contributed by atoms with Crippen LogP contribution in [0.2, 0.25) is 0 Å². The second kappa shape index (κ2) is 6.59. The summed E-state index contributed by atoms with van der Waals surface area (Å²) in [6.07, 6.45) is 4.88. The van der Waals surface area contributed by atoms with Crippen LogP contribution in [0.5, 0.6) is 5.75 Å². The van der Waals surface area contributed by atoms with Crippen LogP contribution in [0.15, 0.2) is 18.2 Å². The molecule has 0 aromatic heterocycles. The van der Waals surface area contributed by atoms with Crippen LogP contribution in [0.4, 0.5) is 11.4 Å². The molecule has 0 aliphatic heterocycles. The fourth-order valence-corrected chi connectivity index (χ4v) is 2.67. The van der Waals surface area contributed by atoms with E-state index in [4.69, 9.17) is 4.74 Å². The normalized spacial score (nSPS) is 15.6. The molecule has 1 aromatic rings. The van der Waals surface area contributed by atoms with Crippen molar-refractivity contribution >= 4 is 11.4 Å². The van der Waals surface area contributed by atoms with Crippen molar-refractivity contribution in [3.05, 3.63) is 28.3 Å². The van der Waals surface area contributed by atoms with Crippen LogP contribution in [0, 0.1) is 16.0 Å². The van der Waals surface area contributed by atoms with Crippen LogP contribution in [0.3, 0.4) is 0 Å². The Morgan fingerprint density at radius 1 is 1.40 bits per heavy atom. The van der Waals surface area contributed by atoms with Crippen molar-refractivity contribution in [2.75, 3.05) is 11.9 Å². The molecule has 1 aromatic carbocycles. The highest BCUT2D eigenvalue weighted by molar-refractivity contribution is 5.68. The van der Waals surface area contributed by atoms with Crippen LogP contribution >= 0.6 is 0 Å². The van der Waals surface area contributed by atoms with E-state index in [0.29, 0.717) is 17.4 Å². The van der Waals surface area contributed by atoms with Crippen molar-refractivity contribution in [3.63, 3.8) is 0 Å². The minimum absolute atomic E-state index is 0.0409. The number of anilines is 1. The summed E-state index contributed by atoms with van der Waals surface area (Å²) in [4.78, 5) is 10.9. The number of nitro groups is 1. The molecular weight excluding hydrogens is 256 g/mol. The lowest BCUT2D eigenvalue weighted by molar-refractivity contribution is -0.385. The van der Waals surface area contributed by atoms with Crippen LogP contribution in [-0.2, 0) is 0 Å². The molecule has 2 rings (SSSR count). The van der Waals surface area contributed by atoms with E-state index in [9.17, 15) is 10.1 Å². The highest BCUT2D eigenvalue weighted by Gasteiger charge is 2.23. The standard InChI is InChI=1S/C15H22N2O3/c1-11(2)20-14-9-5-8-13(15(14)17(18)19)16-10-12-6-3-4-7-12/h5,8-9,11-12,16H,3-4,6-7,10H2,1-2H3. The number of nitrogens with zero attached hydrogens (tertiary/aromatic N) is 1. The van der Waals surface area contributed by atoms with E-state index >= 15 is 0 Å². The van der Waals surface area contributed by atoms with E-state index in [1.165, 1.54) is 25.7 Å². The topological polar surface area (TPSA) is 64.4 Å². The Kier molecular flexibility index (Phi) is 4.82. The number of hydrogen-bond donors (Lipinski definition) is 1. The van der Waals surface area contributed by atoms with E-state index < -0.39 is 0 Å².